The lowest BCUT2D eigenvalue weighted by Crippen LogP contribution is -2.51. The van der Waals surface area contributed by atoms with Crippen LogP contribution in [0.5, 0.6) is 0 Å². The first-order valence-electron chi connectivity index (χ1n) is 11.4. The standard InChI is InChI=1S/C26H28FN3S2.2ClH/c1-2-5-22-15-23-25(24-19(7-4-11-29-24)17-31-26(23)32-22)30-13-12-28-21(16-30)10-9-18-6-3-8-20(27)14-18;;/h3-4,6-8,11,14-15,17,21,28H,2,5,9-10,12-13,16H2,1H3;2*1H. The van der Waals surface area contributed by atoms with Gasteiger partial charge in [-0.15, -0.1) is 36.2 Å². The third kappa shape index (κ3) is 5.97. The van der Waals surface area contributed by atoms with Crippen LogP contribution in [-0.2, 0) is 12.8 Å². The topological polar surface area (TPSA) is 28.2 Å². The van der Waals surface area contributed by atoms with Crippen LogP contribution in [0.4, 0.5) is 4.39 Å². The van der Waals surface area contributed by atoms with E-state index in [-0.39, 0.29) is 30.6 Å². The smallest absolute Gasteiger partial charge is 0.123 e. The summed E-state index contributed by atoms with van der Waals surface area (Å²) in [6.45, 7) is 5.08. The number of aryl methyl sites for hydroxylation is 2. The van der Waals surface area contributed by atoms with Crippen LogP contribution in [0, 0.1) is 5.82 Å². The van der Waals surface area contributed by atoms with Crippen molar-refractivity contribution in [3.8, 4) is 0 Å². The lowest BCUT2D eigenvalue weighted by atomic mass is 10.0. The Bertz CT molecular complexity index is 1230. The Morgan fingerprint density at radius 3 is 2.85 bits per heavy atom. The molecule has 1 unspecified atom stereocenters. The molecule has 1 aromatic carbocycles. The second kappa shape index (κ2) is 12.4. The van der Waals surface area contributed by atoms with Crippen molar-refractivity contribution in [3.05, 3.63) is 81.1 Å². The van der Waals surface area contributed by atoms with E-state index in [0.29, 0.717) is 6.04 Å². The van der Waals surface area contributed by atoms with Crippen LogP contribution in [0.3, 0.4) is 0 Å². The van der Waals surface area contributed by atoms with E-state index in [1.54, 1.807) is 12.1 Å². The number of hydrogen-bond acceptors (Lipinski definition) is 5. The van der Waals surface area contributed by atoms with E-state index in [4.69, 9.17) is 4.98 Å². The van der Waals surface area contributed by atoms with Crippen LogP contribution < -0.4 is 15.9 Å². The Kier molecular flexibility index (Phi) is 9.86. The first-order valence-corrected chi connectivity index (χ1v) is 13.1. The maximum Gasteiger partial charge on any atom is 0.123 e. The van der Waals surface area contributed by atoms with E-state index in [9.17, 15) is 4.39 Å². The number of halogens is 3. The fraction of sp³-hybridized carbons (Fsp3) is 0.346. The predicted molar refractivity (Wildman–Crippen MR) is 147 cm³/mol. The minimum Gasteiger partial charge on any atom is -0.366 e. The first-order chi connectivity index (χ1) is 15.7. The largest absolute Gasteiger partial charge is 0.366 e. The van der Waals surface area contributed by atoms with E-state index in [0.717, 1.165) is 56.2 Å². The molecule has 0 saturated carbocycles. The number of thioether (sulfide) groups is 1. The fourth-order valence-corrected chi connectivity index (χ4v) is 6.93. The van der Waals surface area contributed by atoms with Crippen molar-refractivity contribution in [2.24, 2.45) is 0 Å². The molecule has 2 aliphatic heterocycles. The van der Waals surface area contributed by atoms with Gasteiger partial charge in [-0.1, -0.05) is 43.3 Å². The number of hydrogen-bond donors (Lipinski definition) is 1. The predicted octanol–water partition coefficient (Wildman–Crippen LogP) is 4.99. The highest BCUT2D eigenvalue weighted by Gasteiger charge is 2.26. The van der Waals surface area contributed by atoms with E-state index >= 15 is 0 Å². The zero-order chi connectivity index (χ0) is 21.9. The maximum absolute atomic E-state index is 13.6. The average Bonchev–Trinajstić information content (AvgIpc) is 3.13. The van der Waals surface area contributed by atoms with E-state index < -0.39 is 0 Å². The molecule has 1 fully saturated rings. The second-order valence-corrected chi connectivity index (χ2v) is 10.7. The van der Waals surface area contributed by atoms with Gasteiger partial charge in [0.1, 0.15) is 5.82 Å². The van der Waals surface area contributed by atoms with Crippen molar-refractivity contribution in [1.29, 1.82) is 0 Å². The monoisotopic (exact) mass is 537 g/mol. The molecule has 34 heavy (non-hydrogen) atoms. The summed E-state index contributed by atoms with van der Waals surface area (Å²) in [6, 6.07) is 13.9. The van der Waals surface area contributed by atoms with Crippen molar-refractivity contribution in [2.75, 3.05) is 19.6 Å². The number of thiophene rings is 1. The van der Waals surface area contributed by atoms with Crippen LogP contribution in [0.2, 0.25) is 0 Å². The van der Waals surface area contributed by atoms with Crippen LogP contribution in [0.1, 0.15) is 35.8 Å². The zero-order valence-electron chi connectivity index (χ0n) is 19.1. The number of benzene rings is 1. The van der Waals surface area contributed by atoms with Gasteiger partial charge in [-0.25, -0.2) is 4.39 Å². The maximum atomic E-state index is 13.6. The molecule has 1 saturated heterocycles. The molecule has 0 bridgehead atoms. The molecule has 0 spiro atoms. The molecule has 0 amide bonds. The van der Waals surface area contributed by atoms with Gasteiger partial charge in [0, 0.05) is 47.5 Å². The van der Waals surface area contributed by atoms with Gasteiger partial charge in [-0.3, -0.25) is 4.98 Å². The number of rotatable bonds is 6. The van der Waals surface area contributed by atoms with E-state index in [1.165, 1.54) is 31.6 Å². The molecule has 1 N–H and O–H groups in total. The van der Waals surface area contributed by atoms with Crippen molar-refractivity contribution < 1.29 is 4.39 Å². The van der Waals surface area contributed by atoms with Crippen LogP contribution in [-0.4, -0.2) is 35.6 Å². The van der Waals surface area contributed by atoms with Gasteiger partial charge in [-0.05, 0) is 54.5 Å². The molecule has 1 atom stereocenters. The minimum atomic E-state index is -0.154. The van der Waals surface area contributed by atoms with Gasteiger partial charge >= 0.3 is 0 Å². The Labute approximate surface area is 221 Å². The van der Waals surface area contributed by atoms with Crippen molar-refractivity contribution in [3.63, 3.8) is 0 Å². The Morgan fingerprint density at radius 1 is 1.15 bits per heavy atom. The summed E-state index contributed by atoms with van der Waals surface area (Å²) in [5.74, 6) is -0.154. The average molecular weight is 539 g/mol. The van der Waals surface area contributed by atoms with Crippen LogP contribution >= 0.6 is 47.9 Å². The first kappa shape index (κ1) is 27.0. The third-order valence-electron chi connectivity index (χ3n) is 6.10. The molecule has 3 aromatic rings. The molecule has 0 aliphatic carbocycles. The molecular formula is C26H30Cl2FN3S2. The number of nitrogens with one attached hydrogen (secondary N) is 1. The summed E-state index contributed by atoms with van der Waals surface area (Å²) >= 11 is 3.76. The number of nitrogens with zero attached hydrogens (tertiary/aromatic N) is 2. The Balaban J connectivity index is 0.00000162. The highest BCUT2D eigenvalue weighted by atomic mass is 35.5. The highest BCUT2D eigenvalue weighted by molar-refractivity contribution is 8.08. The van der Waals surface area contributed by atoms with Gasteiger partial charge < -0.3 is 10.2 Å². The fourth-order valence-electron chi connectivity index (χ4n) is 4.58. The van der Waals surface area contributed by atoms with Crippen molar-refractivity contribution in [1.82, 2.24) is 15.2 Å². The van der Waals surface area contributed by atoms with E-state index in [2.05, 4.69) is 34.7 Å². The summed E-state index contributed by atoms with van der Waals surface area (Å²) in [5.41, 5.74) is 3.67. The quantitative estimate of drug-likeness (QED) is 0.479. The Morgan fingerprint density at radius 2 is 2.03 bits per heavy atom. The molecule has 2 aliphatic rings. The van der Waals surface area contributed by atoms with Crippen molar-refractivity contribution >= 4 is 59.0 Å². The van der Waals surface area contributed by atoms with Gasteiger partial charge in [0.2, 0.25) is 0 Å². The summed E-state index contributed by atoms with van der Waals surface area (Å²) in [4.78, 5) is 8.82. The van der Waals surface area contributed by atoms with Gasteiger partial charge in [0.25, 0.3) is 0 Å². The number of piperazine rings is 1. The zero-order valence-corrected chi connectivity index (χ0v) is 22.4. The number of fused-ring (bicyclic) bond motifs is 2. The summed E-state index contributed by atoms with van der Waals surface area (Å²) in [6.07, 6.45) is 6.06. The molecule has 8 heteroatoms. The molecule has 0 radical (unpaired) electrons. The molecule has 182 valence electrons. The lowest BCUT2D eigenvalue weighted by molar-refractivity contribution is 0.268. The third-order valence-corrected chi connectivity index (χ3v) is 8.43. The van der Waals surface area contributed by atoms with Crippen molar-refractivity contribution in [2.45, 2.75) is 42.9 Å². The second-order valence-electron chi connectivity index (χ2n) is 8.46. The van der Waals surface area contributed by atoms with E-state index in [1.807, 2.05) is 41.4 Å². The summed E-state index contributed by atoms with van der Waals surface area (Å²) in [5, 5.41) is 8.22. The van der Waals surface area contributed by atoms with Crippen LogP contribution in [0.15, 0.2) is 52.9 Å². The van der Waals surface area contributed by atoms with Gasteiger partial charge in [0.15, 0.2) is 0 Å². The molecule has 3 nitrogen and oxygen atoms in total. The summed E-state index contributed by atoms with van der Waals surface area (Å²) in [7, 11) is 0. The molecule has 5 rings (SSSR count). The molecule has 2 aromatic heterocycles. The van der Waals surface area contributed by atoms with Crippen LogP contribution in [0.25, 0.3) is 11.1 Å². The molecular weight excluding hydrogens is 508 g/mol. The Hall–Kier alpha value is -1.57. The lowest BCUT2D eigenvalue weighted by Gasteiger charge is -2.36. The number of pyridine rings is 1. The molecule has 4 heterocycles. The van der Waals surface area contributed by atoms with Gasteiger partial charge in [0.05, 0.1) is 15.3 Å². The highest BCUT2D eigenvalue weighted by Crippen LogP contribution is 2.38. The SMILES string of the molecule is CCCc1cc2c(s1)SC=c1cccnc1=C2N1CCNC(CCc2cccc(F)c2)C1.Cl.Cl. The summed E-state index contributed by atoms with van der Waals surface area (Å²) < 4.78 is 14.9. The minimum absolute atomic E-state index is 0. The normalized spacial score (nSPS) is 16.9. The number of aromatic nitrogens is 1. The van der Waals surface area contributed by atoms with Gasteiger partial charge in [-0.2, -0.15) is 0 Å².